The number of carbonyl (C=O) groups is 2. The minimum Gasteiger partial charge on any atom is -0.464 e. The highest BCUT2D eigenvalue weighted by Gasteiger charge is 2.42. The SMILES string of the molecule is COC(=O)c1cnc(N2C3CC[C@H]2CC(OCC(C(=O)C2CC2)=C(N)c2c(F)cccc2F)C3)cn1. The quantitative estimate of drug-likeness (QED) is 0.436. The number of esters is 1. The predicted molar refractivity (Wildman–Crippen MR) is 127 cm³/mol. The van der Waals surface area contributed by atoms with Gasteiger partial charge in [-0.15, -0.1) is 0 Å². The predicted octanol–water partition coefficient (Wildman–Crippen LogP) is 3.41. The number of nitrogens with two attached hydrogens (primary N) is 1. The fourth-order valence-electron chi connectivity index (χ4n) is 5.28. The molecule has 0 spiro atoms. The van der Waals surface area contributed by atoms with E-state index in [-0.39, 0.29) is 59.0 Å². The van der Waals surface area contributed by atoms with E-state index in [0.29, 0.717) is 18.7 Å². The van der Waals surface area contributed by atoms with Crippen LogP contribution in [-0.2, 0) is 14.3 Å². The van der Waals surface area contributed by atoms with Gasteiger partial charge in [0, 0.05) is 23.6 Å². The second kappa shape index (κ2) is 9.93. The molecule has 3 aliphatic rings. The highest BCUT2D eigenvalue weighted by molar-refractivity contribution is 6.04. The smallest absolute Gasteiger partial charge is 0.358 e. The number of fused-ring (bicyclic) bond motifs is 2. The number of nitrogens with zero attached hydrogens (tertiary/aromatic N) is 3. The zero-order valence-electron chi connectivity index (χ0n) is 20.0. The maximum atomic E-state index is 14.4. The Morgan fingerprint density at radius 1 is 1.06 bits per heavy atom. The molecule has 2 bridgehead atoms. The molecule has 3 atom stereocenters. The first kappa shape index (κ1) is 24.3. The molecule has 3 fully saturated rings. The number of Topliss-reactive ketones (excluding diaryl/α,β-unsaturated/α-hetero) is 1. The average molecular weight is 499 g/mol. The van der Waals surface area contributed by atoms with E-state index in [9.17, 15) is 18.4 Å². The number of ketones is 1. The summed E-state index contributed by atoms with van der Waals surface area (Å²) in [4.78, 5) is 35.4. The van der Waals surface area contributed by atoms with Crippen molar-refractivity contribution in [3.8, 4) is 0 Å². The maximum absolute atomic E-state index is 14.4. The molecule has 5 rings (SSSR count). The lowest BCUT2D eigenvalue weighted by atomic mass is 9.98. The summed E-state index contributed by atoms with van der Waals surface area (Å²) in [6, 6.07) is 3.84. The third-order valence-electron chi connectivity index (χ3n) is 7.25. The maximum Gasteiger partial charge on any atom is 0.358 e. The van der Waals surface area contributed by atoms with Gasteiger partial charge >= 0.3 is 5.97 Å². The summed E-state index contributed by atoms with van der Waals surface area (Å²) >= 11 is 0. The van der Waals surface area contributed by atoms with Crippen LogP contribution in [0.15, 0.2) is 36.2 Å². The first-order valence-corrected chi connectivity index (χ1v) is 12.1. The van der Waals surface area contributed by atoms with Gasteiger partial charge < -0.3 is 20.1 Å². The summed E-state index contributed by atoms with van der Waals surface area (Å²) in [5.74, 6) is -1.82. The van der Waals surface area contributed by atoms with Crippen LogP contribution in [0.25, 0.3) is 5.70 Å². The minimum absolute atomic E-state index is 0.0906. The van der Waals surface area contributed by atoms with E-state index in [2.05, 4.69) is 19.6 Å². The van der Waals surface area contributed by atoms with Crippen molar-refractivity contribution in [2.45, 2.75) is 56.7 Å². The molecule has 8 nitrogen and oxygen atoms in total. The van der Waals surface area contributed by atoms with Crippen LogP contribution >= 0.6 is 0 Å². The molecule has 2 aliphatic heterocycles. The normalized spacial score (nSPS) is 23.9. The average Bonchev–Trinajstić information content (AvgIpc) is 3.69. The summed E-state index contributed by atoms with van der Waals surface area (Å²) in [6.07, 6.45) is 7.66. The van der Waals surface area contributed by atoms with E-state index in [1.54, 1.807) is 6.20 Å². The molecule has 2 unspecified atom stereocenters. The van der Waals surface area contributed by atoms with Gasteiger partial charge in [0.2, 0.25) is 0 Å². The Morgan fingerprint density at radius 2 is 1.72 bits per heavy atom. The number of benzene rings is 1. The Kier molecular flexibility index (Phi) is 6.70. The molecular formula is C26H28F2N4O4. The van der Waals surface area contributed by atoms with E-state index in [1.165, 1.54) is 19.4 Å². The molecule has 0 radical (unpaired) electrons. The summed E-state index contributed by atoms with van der Waals surface area (Å²) in [5, 5.41) is 0. The van der Waals surface area contributed by atoms with Gasteiger partial charge in [0.15, 0.2) is 11.5 Å². The fraction of sp³-hybridized carbons (Fsp3) is 0.462. The Bertz CT molecular complexity index is 1160. The molecule has 2 saturated heterocycles. The molecule has 1 aromatic carbocycles. The van der Waals surface area contributed by atoms with Crippen LogP contribution in [0.4, 0.5) is 14.6 Å². The summed E-state index contributed by atoms with van der Waals surface area (Å²) in [6.45, 7) is -0.0906. The van der Waals surface area contributed by atoms with E-state index < -0.39 is 17.6 Å². The van der Waals surface area contributed by atoms with Gasteiger partial charge in [-0.3, -0.25) is 4.79 Å². The molecule has 190 valence electrons. The van der Waals surface area contributed by atoms with Crippen molar-refractivity contribution < 1.29 is 27.8 Å². The number of anilines is 1. The number of rotatable bonds is 8. The molecule has 1 saturated carbocycles. The van der Waals surface area contributed by atoms with Crippen molar-refractivity contribution >= 4 is 23.3 Å². The van der Waals surface area contributed by atoms with Gasteiger partial charge in [0.25, 0.3) is 0 Å². The van der Waals surface area contributed by atoms with Crippen molar-refractivity contribution in [3.63, 3.8) is 0 Å². The monoisotopic (exact) mass is 498 g/mol. The van der Waals surface area contributed by atoms with Crippen LogP contribution < -0.4 is 10.6 Å². The Labute approximate surface area is 207 Å². The van der Waals surface area contributed by atoms with Crippen molar-refractivity contribution in [2.24, 2.45) is 11.7 Å². The molecule has 2 N–H and O–H groups in total. The molecule has 10 heteroatoms. The van der Waals surface area contributed by atoms with E-state index >= 15 is 0 Å². The zero-order valence-corrected chi connectivity index (χ0v) is 20.0. The van der Waals surface area contributed by atoms with E-state index in [0.717, 1.165) is 37.8 Å². The first-order valence-electron chi connectivity index (χ1n) is 12.1. The molecule has 2 aromatic rings. The van der Waals surface area contributed by atoms with Gasteiger partial charge in [0.05, 0.1) is 43.5 Å². The molecule has 36 heavy (non-hydrogen) atoms. The number of hydrogen-bond acceptors (Lipinski definition) is 8. The number of methoxy groups -OCH3 is 1. The molecule has 1 aliphatic carbocycles. The summed E-state index contributed by atoms with van der Waals surface area (Å²) in [7, 11) is 1.29. The van der Waals surface area contributed by atoms with Crippen molar-refractivity contribution in [1.29, 1.82) is 0 Å². The molecule has 1 aromatic heterocycles. The molecular weight excluding hydrogens is 470 g/mol. The van der Waals surface area contributed by atoms with Gasteiger partial charge in [-0.25, -0.2) is 23.5 Å². The Hall–Kier alpha value is -3.40. The lowest BCUT2D eigenvalue weighted by molar-refractivity contribution is -0.117. The lowest BCUT2D eigenvalue weighted by Gasteiger charge is -2.39. The highest BCUT2D eigenvalue weighted by atomic mass is 19.1. The fourth-order valence-corrected chi connectivity index (χ4v) is 5.28. The van der Waals surface area contributed by atoms with Gasteiger partial charge in [-0.2, -0.15) is 0 Å². The number of piperidine rings is 1. The number of hydrogen-bond donors (Lipinski definition) is 1. The van der Waals surface area contributed by atoms with Crippen LogP contribution in [0.2, 0.25) is 0 Å². The lowest BCUT2D eigenvalue weighted by Crippen LogP contribution is -2.46. The van der Waals surface area contributed by atoms with Gasteiger partial charge in [0.1, 0.15) is 17.5 Å². The highest BCUT2D eigenvalue weighted by Crippen LogP contribution is 2.40. The van der Waals surface area contributed by atoms with E-state index in [1.807, 2.05) is 0 Å². The largest absolute Gasteiger partial charge is 0.464 e. The van der Waals surface area contributed by atoms with Crippen molar-refractivity contribution in [2.75, 3.05) is 18.6 Å². The van der Waals surface area contributed by atoms with Crippen LogP contribution in [0.1, 0.15) is 54.6 Å². The van der Waals surface area contributed by atoms with Crippen LogP contribution in [0.5, 0.6) is 0 Å². The summed E-state index contributed by atoms with van der Waals surface area (Å²) < 4.78 is 39.6. The number of ether oxygens (including phenoxy) is 2. The van der Waals surface area contributed by atoms with Crippen molar-refractivity contribution in [3.05, 3.63) is 59.1 Å². The second-order valence-corrected chi connectivity index (χ2v) is 9.58. The Balaban J connectivity index is 1.30. The van der Waals surface area contributed by atoms with Gasteiger partial charge in [-0.05, 0) is 50.7 Å². The van der Waals surface area contributed by atoms with Gasteiger partial charge in [-0.1, -0.05) is 6.07 Å². The molecule has 3 heterocycles. The zero-order chi connectivity index (χ0) is 25.4. The number of halogens is 2. The van der Waals surface area contributed by atoms with Crippen LogP contribution in [0, 0.1) is 17.6 Å². The topological polar surface area (TPSA) is 108 Å². The standard InChI is InChI=1S/C26H28F2N4O4/c1-35-26(34)21-11-31-22(12-30-21)32-15-7-8-16(32)10-17(9-15)36-13-18(25(33)14-5-6-14)24(29)23-19(27)3-2-4-20(23)28/h2-4,11-12,14-17H,5-10,13,29H2,1H3/t15-,16?,17?/m0/s1. The Morgan fingerprint density at radius 3 is 2.28 bits per heavy atom. The summed E-state index contributed by atoms with van der Waals surface area (Å²) in [5.41, 5.74) is 5.89. The second-order valence-electron chi connectivity index (χ2n) is 9.58. The third kappa shape index (κ3) is 4.69. The van der Waals surface area contributed by atoms with E-state index in [4.69, 9.17) is 10.5 Å². The number of carbonyl (C=O) groups excluding carboxylic acids is 2. The van der Waals surface area contributed by atoms with Crippen LogP contribution in [-0.4, -0.2) is 53.6 Å². The first-order chi connectivity index (χ1) is 17.4. The third-order valence-corrected chi connectivity index (χ3v) is 7.25. The molecule has 0 amide bonds. The minimum atomic E-state index is -0.806. The number of aromatic nitrogens is 2. The van der Waals surface area contributed by atoms with Crippen molar-refractivity contribution in [1.82, 2.24) is 9.97 Å². The van der Waals surface area contributed by atoms with Crippen LogP contribution in [0.3, 0.4) is 0 Å².